The maximum Gasteiger partial charge on any atom is 0.335 e. The predicted molar refractivity (Wildman–Crippen MR) is 143 cm³/mol. The van der Waals surface area contributed by atoms with Crippen LogP contribution < -0.4 is 14.8 Å². The molecule has 4 rings (SSSR count). The molecule has 1 heterocycles. The fourth-order valence-electron chi connectivity index (χ4n) is 4.36. The van der Waals surface area contributed by atoms with Gasteiger partial charge in [-0.25, -0.2) is 4.79 Å². The highest BCUT2D eigenvalue weighted by atomic mass is 16.5. The minimum Gasteiger partial charge on any atom is -0.492 e. The number of nitrogens with one attached hydrogen (secondary N) is 1. The third kappa shape index (κ3) is 8.06. The minimum atomic E-state index is -0.944. The van der Waals surface area contributed by atoms with E-state index in [1.165, 1.54) is 0 Å². The van der Waals surface area contributed by atoms with Gasteiger partial charge in [0.15, 0.2) is 0 Å². The van der Waals surface area contributed by atoms with E-state index in [-0.39, 0.29) is 11.5 Å². The van der Waals surface area contributed by atoms with Crippen LogP contribution in [-0.2, 0) is 4.79 Å². The monoisotopic (exact) mass is 503 g/mol. The number of likely N-dealkylation sites (tertiary alicyclic amines) is 1. The Bertz CT molecular complexity index is 1140. The normalized spacial score (nSPS) is 14.3. The van der Waals surface area contributed by atoms with Gasteiger partial charge in [-0.15, -0.1) is 0 Å². The van der Waals surface area contributed by atoms with Crippen LogP contribution in [0.15, 0.2) is 78.9 Å². The second-order valence-electron chi connectivity index (χ2n) is 9.15. The molecule has 3 aromatic carbocycles. The third-order valence-electron chi connectivity index (χ3n) is 6.47. The molecule has 0 radical (unpaired) electrons. The van der Waals surface area contributed by atoms with Gasteiger partial charge < -0.3 is 19.9 Å². The number of para-hydroxylation sites is 1. The van der Waals surface area contributed by atoms with Crippen LogP contribution in [0.1, 0.15) is 23.2 Å². The van der Waals surface area contributed by atoms with E-state index < -0.39 is 5.97 Å². The van der Waals surface area contributed by atoms with E-state index in [9.17, 15) is 9.59 Å². The largest absolute Gasteiger partial charge is 0.492 e. The second kappa shape index (κ2) is 12.9. The van der Waals surface area contributed by atoms with Crippen molar-refractivity contribution in [3.63, 3.8) is 0 Å². The van der Waals surface area contributed by atoms with Gasteiger partial charge >= 0.3 is 5.97 Å². The van der Waals surface area contributed by atoms with Gasteiger partial charge in [0.25, 0.3) is 0 Å². The van der Waals surface area contributed by atoms with Crippen molar-refractivity contribution in [3.8, 4) is 17.2 Å². The fourth-order valence-corrected chi connectivity index (χ4v) is 4.36. The molecule has 8 heteroatoms. The smallest absolute Gasteiger partial charge is 0.335 e. The van der Waals surface area contributed by atoms with Crippen LogP contribution in [0.3, 0.4) is 0 Å². The van der Waals surface area contributed by atoms with Crippen molar-refractivity contribution in [2.45, 2.75) is 18.9 Å². The number of piperidine rings is 1. The lowest BCUT2D eigenvalue weighted by Gasteiger charge is -2.36. The number of ether oxygens (including phenoxy) is 2. The van der Waals surface area contributed by atoms with Crippen molar-refractivity contribution in [2.75, 3.05) is 45.2 Å². The molecule has 0 unspecified atom stereocenters. The zero-order valence-electron chi connectivity index (χ0n) is 21.0. The molecule has 1 aliphatic rings. The van der Waals surface area contributed by atoms with Gasteiger partial charge in [-0.1, -0.05) is 18.2 Å². The van der Waals surface area contributed by atoms with Gasteiger partial charge in [0.05, 0.1) is 12.1 Å². The first-order chi connectivity index (χ1) is 18.0. The number of carbonyl (C=O) groups is 2. The van der Waals surface area contributed by atoms with Crippen LogP contribution in [0.5, 0.6) is 17.2 Å². The molecule has 3 aromatic rings. The molecular weight excluding hydrogens is 470 g/mol. The van der Waals surface area contributed by atoms with Crippen molar-refractivity contribution in [1.29, 1.82) is 0 Å². The zero-order chi connectivity index (χ0) is 26.0. The van der Waals surface area contributed by atoms with Gasteiger partial charge in [0.1, 0.15) is 23.9 Å². The molecule has 0 aliphatic carbocycles. The molecule has 0 bridgehead atoms. The summed E-state index contributed by atoms with van der Waals surface area (Å²) in [6.07, 6.45) is 1.98. The summed E-state index contributed by atoms with van der Waals surface area (Å²) in [4.78, 5) is 28.0. The number of likely N-dealkylation sites (N-methyl/N-ethyl adjacent to an activating group) is 1. The zero-order valence-corrected chi connectivity index (χ0v) is 21.0. The number of aromatic carboxylic acids is 1. The maximum atomic E-state index is 12.6. The number of hydrogen-bond donors (Lipinski definition) is 2. The Morgan fingerprint density at radius 2 is 1.54 bits per heavy atom. The van der Waals surface area contributed by atoms with Crippen molar-refractivity contribution in [1.82, 2.24) is 9.80 Å². The second-order valence-corrected chi connectivity index (χ2v) is 9.15. The lowest BCUT2D eigenvalue weighted by atomic mass is 10.0. The van der Waals surface area contributed by atoms with E-state index in [0.29, 0.717) is 24.9 Å². The summed E-state index contributed by atoms with van der Waals surface area (Å²) in [5.74, 6) is 1.18. The van der Waals surface area contributed by atoms with Crippen LogP contribution in [0.25, 0.3) is 0 Å². The number of anilines is 1. The Morgan fingerprint density at radius 1 is 0.919 bits per heavy atom. The summed E-state index contributed by atoms with van der Waals surface area (Å²) in [6.45, 7) is 3.58. The summed E-state index contributed by atoms with van der Waals surface area (Å²) in [7, 11) is 2.00. The molecule has 0 aromatic heterocycles. The molecule has 0 spiro atoms. The molecule has 1 saturated heterocycles. The van der Waals surface area contributed by atoms with E-state index in [1.54, 1.807) is 24.3 Å². The van der Waals surface area contributed by atoms with E-state index >= 15 is 0 Å². The first-order valence-corrected chi connectivity index (χ1v) is 12.5. The summed E-state index contributed by atoms with van der Waals surface area (Å²) in [5, 5.41) is 11.9. The number of benzene rings is 3. The molecule has 2 N–H and O–H groups in total. The molecule has 37 heavy (non-hydrogen) atoms. The molecule has 8 nitrogen and oxygen atoms in total. The maximum absolute atomic E-state index is 12.6. The van der Waals surface area contributed by atoms with Crippen molar-refractivity contribution in [2.24, 2.45) is 0 Å². The Kier molecular flexibility index (Phi) is 9.13. The fraction of sp³-hybridized carbons (Fsp3) is 0.310. The first-order valence-electron chi connectivity index (χ1n) is 12.5. The Morgan fingerprint density at radius 3 is 2.19 bits per heavy atom. The lowest BCUT2D eigenvalue weighted by Crippen LogP contribution is -2.46. The molecule has 1 aliphatic heterocycles. The number of nitrogens with zero attached hydrogens (tertiary/aromatic N) is 2. The average Bonchev–Trinajstić information content (AvgIpc) is 2.91. The van der Waals surface area contributed by atoms with Crippen molar-refractivity contribution in [3.05, 3.63) is 84.4 Å². The van der Waals surface area contributed by atoms with Crippen LogP contribution in [0.2, 0.25) is 0 Å². The van der Waals surface area contributed by atoms with Gasteiger partial charge in [0, 0.05) is 18.3 Å². The number of rotatable bonds is 11. The van der Waals surface area contributed by atoms with E-state index in [1.807, 2.05) is 61.6 Å². The Balaban J connectivity index is 1.13. The number of carbonyl (C=O) groups excluding carboxylic acids is 1. The molecule has 194 valence electrons. The Hall–Kier alpha value is -3.88. The van der Waals surface area contributed by atoms with Crippen LogP contribution in [0, 0.1) is 0 Å². The summed E-state index contributed by atoms with van der Waals surface area (Å²) < 4.78 is 11.6. The number of hydrogen-bond acceptors (Lipinski definition) is 6. The summed E-state index contributed by atoms with van der Waals surface area (Å²) >= 11 is 0. The van der Waals surface area contributed by atoms with Crippen LogP contribution in [-0.4, -0.2) is 72.7 Å². The number of carboxylic acids is 1. The number of amides is 1. The van der Waals surface area contributed by atoms with Crippen molar-refractivity contribution < 1.29 is 24.2 Å². The Labute approximate surface area is 217 Å². The molecule has 1 fully saturated rings. The standard InChI is InChI=1S/C29H33N3O5/c1-31(21-28(33)30-23-9-13-27(14-10-23)37-26-5-3-2-4-6-26)24-15-17-32(18-16-24)19-20-36-25-11-7-22(8-12-25)29(34)35/h2-14,24H,15-21H2,1H3,(H,30,33)(H,34,35). The predicted octanol–water partition coefficient (Wildman–Crippen LogP) is 4.59. The van der Waals surface area contributed by atoms with Gasteiger partial charge in [-0.05, 0) is 93.6 Å². The van der Waals surface area contributed by atoms with Crippen molar-refractivity contribution >= 4 is 17.6 Å². The number of carboxylic acid groups (broad SMARTS) is 1. The van der Waals surface area contributed by atoms with Crippen LogP contribution >= 0.6 is 0 Å². The highest BCUT2D eigenvalue weighted by Crippen LogP contribution is 2.23. The molecule has 0 saturated carbocycles. The molecular formula is C29H33N3O5. The SMILES string of the molecule is CN(CC(=O)Nc1ccc(Oc2ccccc2)cc1)C1CCN(CCOc2ccc(C(=O)O)cc2)CC1. The topological polar surface area (TPSA) is 91.3 Å². The van der Waals surface area contributed by atoms with Gasteiger partial charge in [0.2, 0.25) is 5.91 Å². The summed E-state index contributed by atoms with van der Waals surface area (Å²) in [5.41, 5.74) is 0.991. The van der Waals surface area contributed by atoms with E-state index in [0.717, 1.165) is 49.7 Å². The van der Waals surface area contributed by atoms with Gasteiger partial charge in [-0.2, -0.15) is 0 Å². The average molecular weight is 504 g/mol. The quantitative estimate of drug-likeness (QED) is 0.395. The highest BCUT2D eigenvalue weighted by Gasteiger charge is 2.23. The molecule has 0 atom stereocenters. The molecule has 1 amide bonds. The first kappa shape index (κ1) is 26.2. The lowest BCUT2D eigenvalue weighted by molar-refractivity contribution is -0.117. The van der Waals surface area contributed by atoms with Gasteiger partial charge in [-0.3, -0.25) is 14.6 Å². The van der Waals surface area contributed by atoms with Crippen LogP contribution in [0.4, 0.5) is 5.69 Å². The highest BCUT2D eigenvalue weighted by molar-refractivity contribution is 5.92. The minimum absolute atomic E-state index is 0.0380. The summed E-state index contributed by atoms with van der Waals surface area (Å²) in [6, 6.07) is 23.8. The van der Waals surface area contributed by atoms with E-state index in [2.05, 4.69) is 15.1 Å². The van der Waals surface area contributed by atoms with E-state index in [4.69, 9.17) is 14.6 Å². The third-order valence-corrected chi connectivity index (χ3v) is 6.47.